The Balaban J connectivity index is 2.48. The summed E-state index contributed by atoms with van der Waals surface area (Å²) in [4.78, 5) is 0.0604. The molecule has 7 heteroatoms. The molecule has 1 aliphatic rings. The van der Waals surface area contributed by atoms with Crippen molar-refractivity contribution >= 4 is 21.6 Å². The summed E-state index contributed by atoms with van der Waals surface area (Å²) >= 11 is 4.93. The number of aryl methyl sites for hydroxylation is 1. The molecule has 1 atom stereocenters. The number of halogens is 3. The lowest BCUT2D eigenvalue weighted by atomic mass is 9.94. The number of hydrogen-bond donors (Lipinski definition) is 1. The molecule has 100 valence electrons. The van der Waals surface area contributed by atoms with E-state index in [1.165, 1.54) is 6.07 Å². The van der Waals surface area contributed by atoms with Crippen LogP contribution in [0.2, 0.25) is 0 Å². The normalized spacial score (nSPS) is 22.6. The average Bonchev–Trinajstić information content (AvgIpc) is 2.21. The summed E-state index contributed by atoms with van der Waals surface area (Å²) in [6, 6.07) is 4.70. The van der Waals surface area contributed by atoms with E-state index >= 15 is 0 Å². The van der Waals surface area contributed by atoms with E-state index in [1.54, 1.807) is 19.1 Å². The standard InChI is InChI=1S/C11H12ClF2NO2S/c1-7-2-3-10-9(4-7)8(5-11(12,13)14)6-15-18(10,16)17/h2-4,8,15H,5-6H2,1H3. The number of rotatable bonds is 2. The molecule has 0 spiro atoms. The molecule has 0 saturated carbocycles. The lowest BCUT2D eigenvalue weighted by Gasteiger charge is -2.27. The third-order valence-electron chi connectivity index (χ3n) is 2.89. The third-order valence-corrected chi connectivity index (χ3v) is 4.54. The first kappa shape index (κ1) is 13.7. The van der Waals surface area contributed by atoms with Gasteiger partial charge in [-0.05, 0) is 30.2 Å². The van der Waals surface area contributed by atoms with Crippen LogP contribution in [0, 0.1) is 6.92 Å². The molecule has 1 aliphatic heterocycles. The van der Waals surface area contributed by atoms with Crippen molar-refractivity contribution in [2.45, 2.75) is 29.5 Å². The van der Waals surface area contributed by atoms with Gasteiger partial charge in [0, 0.05) is 18.9 Å². The van der Waals surface area contributed by atoms with E-state index in [1.807, 2.05) is 0 Å². The van der Waals surface area contributed by atoms with Crippen LogP contribution < -0.4 is 4.72 Å². The molecular formula is C11H12ClF2NO2S. The van der Waals surface area contributed by atoms with Crippen molar-refractivity contribution < 1.29 is 17.2 Å². The van der Waals surface area contributed by atoms with E-state index in [0.29, 0.717) is 5.56 Å². The Hall–Kier alpha value is -0.720. The Morgan fingerprint density at radius 2 is 2.17 bits per heavy atom. The minimum absolute atomic E-state index is 0.0545. The monoisotopic (exact) mass is 295 g/mol. The quantitative estimate of drug-likeness (QED) is 0.853. The SMILES string of the molecule is Cc1ccc2c(c1)C(CC(F)(F)Cl)CNS2(=O)=O. The number of nitrogens with one attached hydrogen (secondary N) is 1. The maximum Gasteiger partial charge on any atom is 0.322 e. The predicted octanol–water partition coefficient (Wildman–Crippen LogP) is 2.59. The second kappa shape index (κ2) is 4.43. The van der Waals surface area contributed by atoms with Crippen molar-refractivity contribution in [2.24, 2.45) is 0 Å². The third kappa shape index (κ3) is 2.81. The molecule has 0 fully saturated rings. The highest BCUT2D eigenvalue weighted by Gasteiger charge is 2.36. The number of benzene rings is 1. The second-order valence-electron chi connectivity index (χ2n) is 4.41. The van der Waals surface area contributed by atoms with Crippen LogP contribution in [0.1, 0.15) is 23.5 Å². The van der Waals surface area contributed by atoms with Crippen molar-refractivity contribution in [1.82, 2.24) is 4.72 Å². The Labute approximate surface area is 109 Å². The lowest BCUT2D eigenvalue weighted by Crippen LogP contribution is -2.36. The summed E-state index contributed by atoms with van der Waals surface area (Å²) in [5, 5.41) is -3.34. The molecule has 0 aromatic heterocycles. The maximum atomic E-state index is 12.9. The first-order chi connectivity index (χ1) is 8.19. The van der Waals surface area contributed by atoms with Gasteiger partial charge in [-0.25, -0.2) is 13.1 Å². The van der Waals surface area contributed by atoms with Gasteiger partial charge in [0.05, 0.1) is 4.90 Å². The van der Waals surface area contributed by atoms with Crippen molar-refractivity contribution in [3.05, 3.63) is 29.3 Å². The van der Waals surface area contributed by atoms with Gasteiger partial charge in [0.1, 0.15) is 0 Å². The maximum absolute atomic E-state index is 12.9. The number of fused-ring (bicyclic) bond motifs is 1. The molecule has 1 heterocycles. The summed E-state index contributed by atoms with van der Waals surface area (Å²) in [7, 11) is -3.59. The molecule has 1 aromatic rings. The Kier molecular flexibility index (Phi) is 3.38. The van der Waals surface area contributed by atoms with Crippen LogP contribution in [0.5, 0.6) is 0 Å². The van der Waals surface area contributed by atoms with E-state index < -0.39 is 27.7 Å². The summed E-state index contributed by atoms with van der Waals surface area (Å²) in [6.45, 7) is 1.73. The van der Waals surface area contributed by atoms with Gasteiger partial charge in [-0.3, -0.25) is 0 Å². The van der Waals surface area contributed by atoms with E-state index in [2.05, 4.69) is 4.72 Å². The van der Waals surface area contributed by atoms with Gasteiger partial charge in [0.25, 0.3) is 0 Å². The Morgan fingerprint density at radius 1 is 1.50 bits per heavy atom. The summed E-state index contributed by atoms with van der Waals surface area (Å²) < 4.78 is 51.6. The lowest BCUT2D eigenvalue weighted by molar-refractivity contribution is 0.0770. The highest BCUT2D eigenvalue weighted by Crippen LogP contribution is 2.37. The Bertz CT molecular complexity index is 569. The predicted molar refractivity (Wildman–Crippen MR) is 64.5 cm³/mol. The fourth-order valence-electron chi connectivity index (χ4n) is 2.09. The van der Waals surface area contributed by atoms with Crippen molar-refractivity contribution in [3.63, 3.8) is 0 Å². The smallest absolute Gasteiger partial charge is 0.211 e. The van der Waals surface area contributed by atoms with Crippen LogP contribution in [0.3, 0.4) is 0 Å². The largest absolute Gasteiger partial charge is 0.322 e. The fraction of sp³-hybridized carbons (Fsp3) is 0.455. The van der Waals surface area contributed by atoms with Gasteiger partial charge >= 0.3 is 5.38 Å². The molecule has 3 nitrogen and oxygen atoms in total. The van der Waals surface area contributed by atoms with Gasteiger partial charge in [0.2, 0.25) is 10.0 Å². The molecule has 2 rings (SSSR count). The zero-order chi connectivity index (χ0) is 13.6. The van der Waals surface area contributed by atoms with Crippen molar-refractivity contribution in [2.75, 3.05) is 6.54 Å². The van der Waals surface area contributed by atoms with Crippen LogP contribution in [0.15, 0.2) is 23.1 Å². The number of alkyl halides is 3. The average molecular weight is 296 g/mol. The molecule has 0 bridgehead atoms. The molecule has 0 radical (unpaired) electrons. The number of sulfonamides is 1. The number of hydrogen-bond acceptors (Lipinski definition) is 2. The van der Waals surface area contributed by atoms with Gasteiger partial charge in [-0.2, -0.15) is 8.78 Å². The Morgan fingerprint density at radius 3 is 2.78 bits per heavy atom. The fourth-order valence-corrected chi connectivity index (χ4v) is 3.64. The van der Waals surface area contributed by atoms with Crippen LogP contribution in [0.25, 0.3) is 0 Å². The van der Waals surface area contributed by atoms with Crippen LogP contribution in [-0.4, -0.2) is 20.3 Å². The zero-order valence-corrected chi connectivity index (χ0v) is 11.2. The van der Waals surface area contributed by atoms with Crippen molar-refractivity contribution in [3.8, 4) is 0 Å². The van der Waals surface area contributed by atoms with Crippen LogP contribution in [0.4, 0.5) is 8.78 Å². The highest BCUT2D eigenvalue weighted by atomic mass is 35.5. The van der Waals surface area contributed by atoms with E-state index in [-0.39, 0.29) is 11.4 Å². The molecule has 0 aliphatic carbocycles. The second-order valence-corrected chi connectivity index (χ2v) is 6.70. The molecule has 1 N–H and O–H groups in total. The van der Waals surface area contributed by atoms with Gasteiger partial charge in [0.15, 0.2) is 0 Å². The van der Waals surface area contributed by atoms with Gasteiger partial charge < -0.3 is 0 Å². The molecule has 18 heavy (non-hydrogen) atoms. The zero-order valence-electron chi connectivity index (χ0n) is 9.58. The molecular weight excluding hydrogens is 284 g/mol. The van der Waals surface area contributed by atoms with Crippen LogP contribution >= 0.6 is 11.6 Å². The van der Waals surface area contributed by atoms with Gasteiger partial charge in [-0.1, -0.05) is 17.7 Å². The molecule has 0 saturated heterocycles. The van der Waals surface area contributed by atoms with E-state index in [0.717, 1.165) is 5.56 Å². The summed E-state index contributed by atoms with van der Waals surface area (Å²) in [6.07, 6.45) is -0.590. The minimum Gasteiger partial charge on any atom is -0.211 e. The van der Waals surface area contributed by atoms with Gasteiger partial charge in [-0.15, -0.1) is 0 Å². The minimum atomic E-state index is -3.59. The molecule has 1 unspecified atom stereocenters. The van der Waals surface area contributed by atoms with E-state index in [4.69, 9.17) is 11.6 Å². The first-order valence-electron chi connectivity index (χ1n) is 5.36. The van der Waals surface area contributed by atoms with E-state index in [9.17, 15) is 17.2 Å². The molecule has 1 aromatic carbocycles. The summed E-state index contributed by atoms with van der Waals surface area (Å²) in [5.41, 5.74) is 1.24. The van der Waals surface area contributed by atoms with Crippen molar-refractivity contribution in [1.29, 1.82) is 0 Å². The highest BCUT2D eigenvalue weighted by molar-refractivity contribution is 7.89. The topological polar surface area (TPSA) is 46.2 Å². The first-order valence-corrected chi connectivity index (χ1v) is 7.22. The van der Waals surface area contributed by atoms with Crippen LogP contribution in [-0.2, 0) is 10.0 Å². The molecule has 0 amide bonds. The summed E-state index contributed by atoms with van der Waals surface area (Å²) in [5.74, 6) is -0.615.